The maximum atomic E-state index is 11.4. The van der Waals surface area contributed by atoms with Crippen LogP contribution in [0.25, 0.3) is 0 Å². The van der Waals surface area contributed by atoms with Crippen molar-refractivity contribution in [2.24, 2.45) is 5.73 Å². The van der Waals surface area contributed by atoms with Gasteiger partial charge < -0.3 is 5.73 Å². The molecule has 66 valence electrons. The Labute approximate surface area is 71.0 Å². The van der Waals surface area contributed by atoms with Gasteiger partial charge in [0.05, 0.1) is 0 Å². The molecule has 3 atom stereocenters. The zero-order valence-electron chi connectivity index (χ0n) is 7.08. The summed E-state index contributed by atoms with van der Waals surface area (Å²) >= 11 is 0. The summed E-state index contributed by atoms with van der Waals surface area (Å²) in [6, 6.07) is 0.309. The maximum absolute atomic E-state index is 11.4. The van der Waals surface area contributed by atoms with Gasteiger partial charge in [0, 0.05) is 27.8 Å². The van der Waals surface area contributed by atoms with Gasteiger partial charge in [0.25, 0.3) is 0 Å². The van der Waals surface area contributed by atoms with Crippen LogP contribution in [0, 0.1) is 0 Å². The van der Waals surface area contributed by atoms with E-state index in [4.69, 9.17) is 5.73 Å². The average Bonchev–Trinajstić information content (AvgIpc) is 2.03. The topological polar surface area (TPSA) is 43.1 Å². The van der Waals surface area contributed by atoms with Crippen molar-refractivity contribution in [3.63, 3.8) is 0 Å². The van der Waals surface area contributed by atoms with E-state index in [1.165, 1.54) is 0 Å². The smallest absolute Gasteiger partial charge is 0.0362 e. The fourth-order valence-corrected chi connectivity index (χ4v) is 3.02. The van der Waals surface area contributed by atoms with Gasteiger partial charge in [0.2, 0.25) is 0 Å². The van der Waals surface area contributed by atoms with Crippen molar-refractivity contribution in [2.75, 3.05) is 5.75 Å². The Balaban J connectivity index is 2.39. The van der Waals surface area contributed by atoms with Crippen molar-refractivity contribution < 1.29 is 4.21 Å². The molecule has 0 aromatic carbocycles. The second-order valence-electron chi connectivity index (χ2n) is 3.22. The van der Waals surface area contributed by atoms with Crippen molar-refractivity contribution in [1.82, 2.24) is 0 Å². The van der Waals surface area contributed by atoms with Crippen LogP contribution >= 0.6 is 0 Å². The monoisotopic (exact) mass is 175 g/mol. The van der Waals surface area contributed by atoms with E-state index < -0.39 is 10.8 Å². The first-order chi connectivity index (χ1) is 5.24. The highest BCUT2D eigenvalue weighted by molar-refractivity contribution is 7.85. The van der Waals surface area contributed by atoms with Gasteiger partial charge in [-0.25, -0.2) is 0 Å². The fraction of sp³-hybridized carbons (Fsp3) is 1.00. The molecule has 0 radical (unpaired) electrons. The molecule has 2 nitrogen and oxygen atoms in total. The van der Waals surface area contributed by atoms with Crippen molar-refractivity contribution in [3.8, 4) is 0 Å². The molecule has 0 spiro atoms. The lowest BCUT2D eigenvalue weighted by Gasteiger charge is -2.25. The van der Waals surface area contributed by atoms with Crippen molar-refractivity contribution in [3.05, 3.63) is 0 Å². The molecule has 1 rings (SSSR count). The number of hydrogen-bond acceptors (Lipinski definition) is 2. The highest BCUT2D eigenvalue weighted by atomic mass is 32.2. The predicted octanol–water partition coefficient (Wildman–Crippen LogP) is 1.02. The molecule has 0 heterocycles. The molecule has 1 saturated carbocycles. The van der Waals surface area contributed by atoms with Crippen LogP contribution in [-0.2, 0) is 10.8 Å². The van der Waals surface area contributed by atoms with E-state index >= 15 is 0 Å². The Hall–Kier alpha value is 0.110. The first-order valence-corrected chi connectivity index (χ1v) is 5.75. The van der Waals surface area contributed by atoms with Gasteiger partial charge in [-0.05, 0) is 19.3 Å². The molecular formula is C8H17NOS. The van der Waals surface area contributed by atoms with Gasteiger partial charge >= 0.3 is 0 Å². The van der Waals surface area contributed by atoms with Crippen LogP contribution < -0.4 is 5.73 Å². The Morgan fingerprint density at radius 2 is 2.27 bits per heavy atom. The zero-order valence-corrected chi connectivity index (χ0v) is 7.90. The third-order valence-corrected chi connectivity index (χ3v) is 4.06. The molecule has 0 amide bonds. The maximum Gasteiger partial charge on any atom is 0.0362 e. The molecule has 1 aliphatic rings. The Kier molecular flexibility index (Phi) is 3.52. The summed E-state index contributed by atoms with van der Waals surface area (Å²) in [4.78, 5) is 0. The lowest BCUT2D eigenvalue weighted by atomic mass is 9.96. The minimum Gasteiger partial charge on any atom is -0.328 e. The Morgan fingerprint density at radius 3 is 2.82 bits per heavy atom. The van der Waals surface area contributed by atoms with E-state index in [1.54, 1.807) is 0 Å². The summed E-state index contributed by atoms with van der Waals surface area (Å²) < 4.78 is 11.4. The van der Waals surface area contributed by atoms with Crippen LogP contribution in [0.2, 0.25) is 0 Å². The lowest BCUT2D eigenvalue weighted by molar-refractivity contribution is 0.444. The molecule has 0 aromatic heterocycles. The quantitative estimate of drug-likeness (QED) is 0.681. The van der Waals surface area contributed by atoms with E-state index in [-0.39, 0.29) is 0 Å². The van der Waals surface area contributed by atoms with Crippen molar-refractivity contribution >= 4 is 10.8 Å². The molecule has 3 heteroatoms. The second-order valence-corrected chi connectivity index (χ2v) is 5.22. The van der Waals surface area contributed by atoms with Gasteiger partial charge in [0.15, 0.2) is 0 Å². The highest BCUT2D eigenvalue weighted by Crippen LogP contribution is 2.21. The SMILES string of the molecule is CC[S@@](=O)[C@H]1CCC[C@@H](N)C1. The molecule has 2 N–H and O–H groups in total. The highest BCUT2D eigenvalue weighted by Gasteiger charge is 2.22. The molecule has 0 aromatic rings. The molecule has 0 unspecified atom stereocenters. The third kappa shape index (κ3) is 2.56. The third-order valence-electron chi connectivity index (χ3n) is 2.32. The van der Waals surface area contributed by atoms with Crippen LogP contribution in [0.5, 0.6) is 0 Å². The van der Waals surface area contributed by atoms with Gasteiger partial charge in [-0.3, -0.25) is 4.21 Å². The summed E-state index contributed by atoms with van der Waals surface area (Å²) in [7, 11) is -0.614. The molecular weight excluding hydrogens is 158 g/mol. The normalized spacial score (nSPS) is 35.1. The fourth-order valence-electron chi connectivity index (χ4n) is 1.66. The summed E-state index contributed by atoms with van der Waals surface area (Å²) in [6.45, 7) is 1.98. The molecule has 1 aliphatic carbocycles. The minimum absolute atomic E-state index is 0.309. The number of hydrogen-bond donors (Lipinski definition) is 1. The van der Waals surface area contributed by atoms with E-state index in [0.717, 1.165) is 31.4 Å². The van der Waals surface area contributed by atoms with Gasteiger partial charge in [-0.2, -0.15) is 0 Å². The van der Waals surface area contributed by atoms with E-state index in [1.807, 2.05) is 6.92 Å². The van der Waals surface area contributed by atoms with Crippen LogP contribution in [0.3, 0.4) is 0 Å². The summed E-state index contributed by atoms with van der Waals surface area (Å²) in [5, 5.41) is 0.392. The molecule has 0 saturated heterocycles. The van der Waals surface area contributed by atoms with E-state index in [0.29, 0.717) is 11.3 Å². The van der Waals surface area contributed by atoms with Crippen LogP contribution in [-0.4, -0.2) is 21.3 Å². The standard InChI is InChI=1S/C8H17NOS/c1-2-11(10)8-5-3-4-7(9)6-8/h7-8H,2-6,9H2,1H3/t7-,8+,11-/m1/s1. The van der Waals surface area contributed by atoms with E-state index in [2.05, 4.69) is 0 Å². The second kappa shape index (κ2) is 4.21. The van der Waals surface area contributed by atoms with Crippen LogP contribution in [0.4, 0.5) is 0 Å². The largest absolute Gasteiger partial charge is 0.328 e. The van der Waals surface area contributed by atoms with Gasteiger partial charge in [-0.1, -0.05) is 13.3 Å². The van der Waals surface area contributed by atoms with Gasteiger partial charge in [0.1, 0.15) is 0 Å². The molecule has 1 fully saturated rings. The van der Waals surface area contributed by atoms with Crippen LogP contribution in [0.1, 0.15) is 32.6 Å². The minimum atomic E-state index is -0.614. The molecule has 0 bridgehead atoms. The first-order valence-electron chi connectivity index (χ1n) is 4.36. The van der Waals surface area contributed by atoms with Gasteiger partial charge in [-0.15, -0.1) is 0 Å². The predicted molar refractivity (Wildman–Crippen MR) is 48.9 cm³/mol. The Bertz CT molecular complexity index is 149. The first kappa shape index (κ1) is 9.20. The summed E-state index contributed by atoms with van der Waals surface area (Å²) in [6.07, 6.45) is 4.38. The molecule has 0 aliphatic heterocycles. The van der Waals surface area contributed by atoms with Crippen LogP contribution in [0.15, 0.2) is 0 Å². The lowest BCUT2D eigenvalue weighted by Crippen LogP contribution is -2.33. The summed E-state index contributed by atoms with van der Waals surface area (Å²) in [5.74, 6) is 0.789. The van der Waals surface area contributed by atoms with Crippen molar-refractivity contribution in [2.45, 2.75) is 43.9 Å². The Morgan fingerprint density at radius 1 is 1.55 bits per heavy atom. The summed E-state index contributed by atoms with van der Waals surface area (Å²) in [5.41, 5.74) is 5.78. The average molecular weight is 175 g/mol. The number of nitrogens with two attached hydrogens (primary N) is 1. The number of rotatable bonds is 2. The van der Waals surface area contributed by atoms with E-state index in [9.17, 15) is 4.21 Å². The zero-order chi connectivity index (χ0) is 8.27. The molecule has 11 heavy (non-hydrogen) atoms. The van der Waals surface area contributed by atoms with Crippen molar-refractivity contribution in [1.29, 1.82) is 0 Å².